The number of amides is 1. The van der Waals surface area contributed by atoms with E-state index in [-0.39, 0.29) is 11.9 Å². The van der Waals surface area contributed by atoms with Gasteiger partial charge in [-0.15, -0.1) is 22.7 Å². The van der Waals surface area contributed by atoms with E-state index in [1.54, 1.807) is 22.7 Å². The first-order valence-corrected chi connectivity index (χ1v) is 10.9. The van der Waals surface area contributed by atoms with Gasteiger partial charge in [0.1, 0.15) is 5.01 Å². The molecule has 0 saturated heterocycles. The van der Waals surface area contributed by atoms with Crippen LogP contribution in [0.25, 0.3) is 9.88 Å². The first kappa shape index (κ1) is 18.3. The predicted molar refractivity (Wildman–Crippen MR) is 112 cm³/mol. The first-order valence-electron chi connectivity index (χ1n) is 9.15. The molecule has 1 aromatic carbocycles. The number of hydrogen-bond donors (Lipinski definition) is 2. The van der Waals surface area contributed by atoms with Gasteiger partial charge in [0, 0.05) is 18.0 Å². The summed E-state index contributed by atoms with van der Waals surface area (Å²) in [6.45, 7) is 5.41. The summed E-state index contributed by atoms with van der Waals surface area (Å²) >= 11 is 3.27. The molecule has 27 heavy (non-hydrogen) atoms. The molecule has 0 fully saturated rings. The monoisotopic (exact) mass is 397 g/mol. The first-order chi connectivity index (χ1) is 13.1. The van der Waals surface area contributed by atoms with Crippen LogP contribution in [0.1, 0.15) is 36.7 Å². The smallest absolute Gasteiger partial charge is 0.231 e. The average Bonchev–Trinajstić information content (AvgIpc) is 3.37. The number of thiophene rings is 1. The van der Waals surface area contributed by atoms with Crippen molar-refractivity contribution in [2.45, 2.75) is 31.7 Å². The maximum absolute atomic E-state index is 12.9. The van der Waals surface area contributed by atoms with Crippen molar-refractivity contribution in [1.82, 2.24) is 15.6 Å². The molecule has 1 atom stereocenters. The number of rotatable bonds is 5. The van der Waals surface area contributed by atoms with Crippen LogP contribution in [-0.2, 0) is 16.6 Å². The Morgan fingerprint density at radius 2 is 2.11 bits per heavy atom. The molecule has 1 amide bonds. The Labute approximate surface area is 167 Å². The molecule has 1 aliphatic heterocycles. The minimum absolute atomic E-state index is 0.00961. The number of aromatic nitrogens is 1. The van der Waals surface area contributed by atoms with Crippen molar-refractivity contribution in [3.05, 3.63) is 64.0 Å². The fourth-order valence-corrected chi connectivity index (χ4v) is 5.18. The van der Waals surface area contributed by atoms with Gasteiger partial charge in [0.15, 0.2) is 0 Å². The Morgan fingerprint density at radius 1 is 1.26 bits per heavy atom. The molecular weight excluding hydrogens is 374 g/mol. The third-order valence-electron chi connectivity index (χ3n) is 5.13. The van der Waals surface area contributed by atoms with Gasteiger partial charge in [0.2, 0.25) is 5.91 Å². The molecule has 0 aliphatic carbocycles. The zero-order chi connectivity index (χ0) is 18.9. The highest BCUT2D eigenvalue weighted by Crippen LogP contribution is 2.32. The van der Waals surface area contributed by atoms with Crippen molar-refractivity contribution < 1.29 is 4.79 Å². The van der Waals surface area contributed by atoms with Gasteiger partial charge in [-0.3, -0.25) is 4.79 Å². The highest BCUT2D eigenvalue weighted by molar-refractivity contribution is 7.20. The molecule has 0 spiro atoms. The van der Waals surface area contributed by atoms with Gasteiger partial charge < -0.3 is 10.6 Å². The van der Waals surface area contributed by atoms with E-state index in [9.17, 15) is 4.79 Å². The number of thiazole rings is 1. The summed E-state index contributed by atoms with van der Waals surface area (Å²) in [5.41, 5.74) is 2.82. The Balaban J connectivity index is 1.45. The zero-order valence-corrected chi connectivity index (χ0v) is 17.1. The molecule has 4 rings (SSSR count). The summed E-state index contributed by atoms with van der Waals surface area (Å²) in [6.07, 6.45) is 1.04. The van der Waals surface area contributed by atoms with Crippen LogP contribution in [-0.4, -0.2) is 24.0 Å². The summed E-state index contributed by atoms with van der Waals surface area (Å²) in [5, 5.41) is 11.7. The van der Waals surface area contributed by atoms with E-state index in [1.165, 1.54) is 11.1 Å². The summed E-state index contributed by atoms with van der Waals surface area (Å²) in [6, 6.07) is 12.7. The van der Waals surface area contributed by atoms with Gasteiger partial charge in [-0.1, -0.05) is 30.3 Å². The maximum atomic E-state index is 12.9. The van der Waals surface area contributed by atoms with Gasteiger partial charge in [-0.2, -0.15) is 0 Å². The van der Waals surface area contributed by atoms with Crippen LogP contribution in [0.5, 0.6) is 0 Å². The van der Waals surface area contributed by atoms with Crippen LogP contribution in [0.4, 0.5) is 0 Å². The Bertz CT molecular complexity index is 931. The molecule has 0 saturated carbocycles. The van der Waals surface area contributed by atoms with Gasteiger partial charge in [0.25, 0.3) is 0 Å². The highest BCUT2D eigenvalue weighted by Gasteiger charge is 2.33. The summed E-state index contributed by atoms with van der Waals surface area (Å²) in [4.78, 5) is 18.8. The second-order valence-electron chi connectivity index (χ2n) is 7.31. The van der Waals surface area contributed by atoms with Gasteiger partial charge in [-0.05, 0) is 49.4 Å². The summed E-state index contributed by atoms with van der Waals surface area (Å²) < 4.78 is 0. The Kier molecular flexibility index (Phi) is 5.12. The number of nitrogens with zero attached hydrogens (tertiary/aromatic N) is 1. The number of benzene rings is 1. The third kappa shape index (κ3) is 3.70. The standard InChI is InChI=1S/C21H23N3OS2/c1-21(2,18-13-27-19(24-18)17-8-5-11-26-17)20(25)23-12-16-15-7-4-3-6-14(15)9-10-22-16/h3-8,11,13,16,22H,9-10,12H2,1-2H3,(H,23,25). The topological polar surface area (TPSA) is 54.0 Å². The molecule has 4 nitrogen and oxygen atoms in total. The molecule has 140 valence electrons. The minimum Gasteiger partial charge on any atom is -0.353 e. The lowest BCUT2D eigenvalue weighted by molar-refractivity contribution is -0.125. The molecule has 0 bridgehead atoms. The van der Waals surface area contributed by atoms with Crippen LogP contribution in [0.15, 0.2) is 47.2 Å². The minimum atomic E-state index is -0.666. The van der Waals surface area contributed by atoms with Gasteiger partial charge in [-0.25, -0.2) is 4.98 Å². The normalized spacial score (nSPS) is 16.7. The van der Waals surface area contributed by atoms with Gasteiger partial charge in [0.05, 0.1) is 16.0 Å². The Morgan fingerprint density at radius 3 is 2.93 bits per heavy atom. The zero-order valence-electron chi connectivity index (χ0n) is 15.5. The maximum Gasteiger partial charge on any atom is 0.231 e. The number of hydrogen-bond acceptors (Lipinski definition) is 5. The molecule has 6 heteroatoms. The third-order valence-corrected chi connectivity index (χ3v) is 7.01. The number of carbonyl (C=O) groups is 1. The lowest BCUT2D eigenvalue weighted by atomic mass is 9.88. The van der Waals surface area contributed by atoms with E-state index in [2.05, 4.69) is 41.0 Å². The lowest BCUT2D eigenvalue weighted by Gasteiger charge is -2.29. The average molecular weight is 398 g/mol. The molecule has 0 radical (unpaired) electrons. The van der Waals surface area contributed by atoms with Crippen molar-refractivity contribution in [3.8, 4) is 9.88 Å². The summed E-state index contributed by atoms with van der Waals surface area (Å²) in [7, 11) is 0. The number of carbonyl (C=O) groups excluding carboxylic acids is 1. The molecule has 1 aliphatic rings. The van der Waals surface area contributed by atoms with E-state index < -0.39 is 5.41 Å². The lowest BCUT2D eigenvalue weighted by Crippen LogP contribution is -2.45. The van der Waals surface area contributed by atoms with E-state index in [0.717, 1.165) is 28.5 Å². The molecule has 2 aromatic heterocycles. The SMILES string of the molecule is CC(C)(C(=O)NCC1NCCc2ccccc21)c1csc(-c2cccs2)n1. The number of nitrogens with one attached hydrogen (secondary N) is 2. The van der Waals surface area contributed by atoms with Crippen molar-refractivity contribution in [3.63, 3.8) is 0 Å². The van der Waals surface area contributed by atoms with Crippen molar-refractivity contribution in [2.75, 3.05) is 13.1 Å². The molecule has 3 aromatic rings. The van der Waals surface area contributed by atoms with Crippen molar-refractivity contribution >= 4 is 28.6 Å². The van der Waals surface area contributed by atoms with Crippen LogP contribution in [0, 0.1) is 0 Å². The molecular formula is C21H23N3OS2. The second kappa shape index (κ2) is 7.54. The van der Waals surface area contributed by atoms with Crippen molar-refractivity contribution in [2.24, 2.45) is 0 Å². The highest BCUT2D eigenvalue weighted by atomic mass is 32.1. The molecule has 3 heterocycles. The quantitative estimate of drug-likeness (QED) is 0.680. The fourth-order valence-electron chi connectivity index (χ4n) is 3.38. The molecule has 2 N–H and O–H groups in total. The second-order valence-corrected chi connectivity index (χ2v) is 9.11. The molecule has 1 unspecified atom stereocenters. The van der Waals surface area contributed by atoms with Gasteiger partial charge >= 0.3 is 0 Å². The van der Waals surface area contributed by atoms with Crippen LogP contribution >= 0.6 is 22.7 Å². The van der Waals surface area contributed by atoms with Crippen molar-refractivity contribution in [1.29, 1.82) is 0 Å². The largest absolute Gasteiger partial charge is 0.353 e. The van der Waals surface area contributed by atoms with E-state index in [1.807, 2.05) is 30.7 Å². The predicted octanol–water partition coefficient (Wildman–Crippen LogP) is 4.15. The van der Waals surface area contributed by atoms with Crippen LogP contribution in [0.3, 0.4) is 0 Å². The van der Waals surface area contributed by atoms with Crippen LogP contribution in [0.2, 0.25) is 0 Å². The van der Waals surface area contributed by atoms with Crippen LogP contribution < -0.4 is 10.6 Å². The van der Waals surface area contributed by atoms with E-state index in [0.29, 0.717) is 6.54 Å². The van der Waals surface area contributed by atoms with E-state index in [4.69, 9.17) is 4.98 Å². The fraction of sp³-hybridized carbons (Fsp3) is 0.333. The van der Waals surface area contributed by atoms with E-state index >= 15 is 0 Å². The summed E-state index contributed by atoms with van der Waals surface area (Å²) in [5.74, 6) is 0.00961. The number of fused-ring (bicyclic) bond motifs is 1. The Hall–Kier alpha value is -2.02.